The van der Waals surface area contributed by atoms with Crippen LogP contribution in [-0.2, 0) is 22.3 Å². The standard InChI is InChI=1S/C15H18FN3O2S/c16-14-5-1-12(2-6-14)11-22(20,21)18-8-10-19-9-7-17-15(19)13-3-4-13/h1-2,5-7,9,13,18H,3-4,8,10-11H2. The largest absolute Gasteiger partial charge is 0.333 e. The Morgan fingerprint density at radius 1 is 1.27 bits per heavy atom. The van der Waals surface area contributed by atoms with Crippen molar-refractivity contribution in [2.75, 3.05) is 6.54 Å². The average molecular weight is 323 g/mol. The number of imidazole rings is 1. The molecule has 3 rings (SSSR count). The van der Waals surface area contributed by atoms with Crippen molar-refractivity contribution < 1.29 is 12.8 Å². The first-order chi connectivity index (χ1) is 10.5. The number of sulfonamides is 1. The predicted octanol–water partition coefficient (Wildman–Crippen LogP) is 2.02. The molecule has 0 spiro atoms. The van der Waals surface area contributed by atoms with Gasteiger partial charge in [-0.3, -0.25) is 0 Å². The number of nitrogens with one attached hydrogen (secondary N) is 1. The highest BCUT2D eigenvalue weighted by Gasteiger charge is 2.27. The summed E-state index contributed by atoms with van der Waals surface area (Å²) < 4.78 is 41.4. The van der Waals surface area contributed by atoms with E-state index in [-0.39, 0.29) is 11.6 Å². The summed E-state index contributed by atoms with van der Waals surface area (Å²) in [5.41, 5.74) is 0.565. The molecule has 2 aromatic rings. The van der Waals surface area contributed by atoms with Gasteiger partial charge in [0.2, 0.25) is 10.0 Å². The van der Waals surface area contributed by atoms with Gasteiger partial charge in [0, 0.05) is 31.4 Å². The maximum atomic E-state index is 12.8. The van der Waals surface area contributed by atoms with Crippen molar-refractivity contribution in [2.45, 2.75) is 31.1 Å². The fourth-order valence-electron chi connectivity index (χ4n) is 2.38. The van der Waals surface area contributed by atoms with Gasteiger partial charge in [0.1, 0.15) is 11.6 Å². The zero-order valence-electron chi connectivity index (χ0n) is 12.1. The minimum Gasteiger partial charge on any atom is -0.333 e. The Kier molecular flexibility index (Phi) is 4.26. The molecule has 1 saturated carbocycles. The minimum absolute atomic E-state index is 0.146. The van der Waals surface area contributed by atoms with Gasteiger partial charge in [0.15, 0.2) is 0 Å². The highest BCUT2D eigenvalue weighted by Crippen LogP contribution is 2.38. The monoisotopic (exact) mass is 323 g/mol. The van der Waals surface area contributed by atoms with Gasteiger partial charge in [-0.25, -0.2) is 22.5 Å². The SMILES string of the molecule is O=S(=O)(Cc1ccc(F)cc1)NCCn1ccnc1C1CC1. The Balaban J connectivity index is 1.53. The topological polar surface area (TPSA) is 64.0 Å². The third-order valence-corrected chi connectivity index (χ3v) is 4.99. The first-order valence-corrected chi connectivity index (χ1v) is 8.91. The number of nitrogens with zero attached hydrogens (tertiary/aromatic N) is 2. The van der Waals surface area contributed by atoms with Crippen LogP contribution >= 0.6 is 0 Å². The quantitative estimate of drug-likeness (QED) is 0.848. The summed E-state index contributed by atoms with van der Waals surface area (Å²) in [7, 11) is -3.42. The molecule has 1 aromatic heterocycles. The summed E-state index contributed by atoms with van der Waals surface area (Å²) in [4.78, 5) is 4.32. The van der Waals surface area contributed by atoms with E-state index in [0.717, 1.165) is 18.7 Å². The molecular weight excluding hydrogens is 305 g/mol. The number of hydrogen-bond acceptors (Lipinski definition) is 3. The zero-order valence-corrected chi connectivity index (χ0v) is 12.9. The number of halogens is 1. The molecule has 0 amide bonds. The van der Waals surface area contributed by atoms with Crippen LogP contribution in [-0.4, -0.2) is 24.5 Å². The molecular formula is C15H18FN3O2S. The van der Waals surface area contributed by atoms with Crippen LogP contribution in [0.3, 0.4) is 0 Å². The highest BCUT2D eigenvalue weighted by atomic mass is 32.2. The van der Waals surface area contributed by atoms with E-state index >= 15 is 0 Å². The van der Waals surface area contributed by atoms with Crippen molar-refractivity contribution in [2.24, 2.45) is 0 Å². The number of rotatable bonds is 7. The van der Waals surface area contributed by atoms with Gasteiger partial charge >= 0.3 is 0 Å². The van der Waals surface area contributed by atoms with Crippen molar-refractivity contribution in [3.63, 3.8) is 0 Å². The second-order valence-corrected chi connectivity index (χ2v) is 7.34. The average Bonchev–Trinajstić information content (AvgIpc) is 3.21. The summed E-state index contributed by atoms with van der Waals surface area (Å²) in [6.45, 7) is 0.883. The Morgan fingerprint density at radius 3 is 2.68 bits per heavy atom. The minimum atomic E-state index is -3.42. The van der Waals surface area contributed by atoms with Gasteiger partial charge in [0.05, 0.1) is 5.75 Å². The van der Waals surface area contributed by atoms with E-state index in [2.05, 4.69) is 9.71 Å². The fourth-order valence-corrected chi connectivity index (χ4v) is 3.52. The molecule has 22 heavy (non-hydrogen) atoms. The van der Waals surface area contributed by atoms with E-state index in [1.54, 1.807) is 6.20 Å². The van der Waals surface area contributed by atoms with Crippen molar-refractivity contribution in [3.05, 3.63) is 53.9 Å². The van der Waals surface area contributed by atoms with Crippen molar-refractivity contribution >= 4 is 10.0 Å². The molecule has 1 aliphatic carbocycles. The molecule has 118 valence electrons. The van der Waals surface area contributed by atoms with Gasteiger partial charge in [0.25, 0.3) is 0 Å². The molecule has 0 saturated heterocycles. The van der Waals surface area contributed by atoms with Crippen LogP contribution in [0.1, 0.15) is 30.1 Å². The molecule has 0 atom stereocenters. The molecule has 0 radical (unpaired) electrons. The van der Waals surface area contributed by atoms with Crippen LogP contribution in [0, 0.1) is 5.82 Å². The van der Waals surface area contributed by atoms with E-state index in [4.69, 9.17) is 0 Å². The molecule has 1 aromatic carbocycles. The Labute approximate surface area is 129 Å². The molecule has 5 nitrogen and oxygen atoms in total. The molecule has 1 N–H and O–H groups in total. The van der Waals surface area contributed by atoms with E-state index in [1.165, 1.54) is 24.3 Å². The van der Waals surface area contributed by atoms with Crippen LogP contribution in [0.4, 0.5) is 4.39 Å². The second-order valence-electron chi connectivity index (χ2n) is 5.53. The van der Waals surface area contributed by atoms with Gasteiger partial charge in [-0.1, -0.05) is 12.1 Å². The third-order valence-electron chi connectivity index (χ3n) is 3.63. The predicted molar refractivity (Wildman–Crippen MR) is 81.2 cm³/mol. The summed E-state index contributed by atoms with van der Waals surface area (Å²) in [5.74, 6) is 1.05. The number of aromatic nitrogens is 2. The number of hydrogen-bond donors (Lipinski definition) is 1. The molecule has 0 aliphatic heterocycles. The number of benzene rings is 1. The van der Waals surface area contributed by atoms with Gasteiger partial charge < -0.3 is 4.57 Å². The lowest BCUT2D eigenvalue weighted by Crippen LogP contribution is -2.28. The first-order valence-electron chi connectivity index (χ1n) is 7.26. The molecule has 1 heterocycles. The van der Waals surface area contributed by atoms with Crippen molar-refractivity contribution in [1.29, 1.82) is 0 Å². The maximum absolute atomic E-state index is 12.8. The van der Waals surface area contributed by atoms with E-state index in [1.807, 2.05) is 10.8 Å². The van der Waals surface area contributed by atoms with Crippen LogP contribution in [0.2, 0.25) is 0 Å². The molecule has 1 fully saturated rings. The van der Waals surface area contributed by atoms with Crippen LogP contribution in [0.5, 0.6) is 0 Å². The van der Waals surface area contributed by atoms with Crippen LogP contribution in [0.25, 0.3) is 0 Å². The fraction of sp³-hybridized carbons (Fsp3) is 0.400. The summed E-state index contributed by atoms with van der Waals surface area (Å²) in [5, 5.41) is 0. The smallest absolute Gasteiger partial charge is 0.215 e. The van der Waals surface area contributed by atoms with Crippen molar-refractivity contribution in [1.82, 2.24) is 14.3 Å². The first kappa shape index (κ1) is 15.2. The Hall–Kier alpha value is -1.73. The maximum Gasteiger partial charge on any atom is 0.215 e. The van der Waals surface area contributed by atoms with E-state index in [0.29, 0.717) is 24.6 Å². The highest BCUT2D eigenvalue weighted by molar-refractivity contribution is 7.88. The summed E-state index contributed by atoms with van der Waals surface area (Å²) in [6, 6.07) is 5.49. The second kappa shape index (κ2) is 6.18. The van der Waals surface area contributed by atoms with E-state index in [9.17, 15) is 12.8 Å². The summed E-state index contributed by atoms with van der Waals surface area (Å²) in [6.07, 6.45) is 5.95. The van der Waals surface area contributed by atoms with Crippen LogP contribution < -0.4 is 4.72 Å². The third kappa shape index (κ3) is 3.92. The molecule has 7 heteroatoms. The lowest BCUT2D eigenvalue weighted by molar-refractivity contribution is 0.568. The summed E-state index contributed by atoms with van der Waals surface area (Å²) >= 11 is 0. The van der Waals surface area contributed by atoms with Gasteiger partial charge in [-0.05, 0) is 30.5 Å². The van der Waals surface area contributed by atoms with Crippen molar-refractivity contribution in [3.8, 4) is 0 Å². The van der Waals surface area contributed by atoms with Gasteiger partial charge in [-0.2, -0.15) is 0 Å². The lowest BCUT2D eigenvalue weighted by atomic mass is 10.2. The van der Waals surface area contributed by atoms with Gasteiger partial charge in [-0.15, -0.1) is 0 Å². The molecule has 1 aliphatic rings. The van der Waals surface area contributed by atoms with E-state index < -0.39 is 10.0 Å². The lowest BCUT2D eigenvalue weighted by Gasteiger charge is -2.09. The molecule has 0 bridgehead atoms. The Bertz CT molecular complexity index is 736. The van der Waals surface area contributed by atoms with Crippen LogP contribution in [0.15, 0.2) is 36.7 Å². The normalized spacial score (nSPS) is 15.1. The molecule has 0 unspecified atom stereocenters. The zero-order chi connectivity index (χ0) is 15.6. The Morgan fingerprint density at radius 2 is 2.00 bits per heavy atom.